The average Bonchev–Trinajstić information content (AvgIpc) is 2.37. The summed E-state index contributed by atoms with van der Waals surface area (Å²) in [6.45, 7) is 5.85. The highest BCUT2D eigenvalue weighted by atomic mass is 16.4. The third-order valence-corrected chi connectivity index (χ3v) is 2.72. The summed E-state index contributed by atoms with van der Waals surface area (Å²) in [6, 6.07) is 7.88. The van der Waals surface area contributed by atoms with Crippen LogP contribution < -0.4 is 5.32 Å². The predicted octanol–water partition coefficient (Wildman–Crippen LogP) is 2.97. The molecule has 0 aliphatic rings. The highest BCUT2D eigenvalue weighted by Gasteiger charge is 2.15. The molecule has 104 valence electrons. The van der Waals surface area contributed by atoms with E-state index in [1.165, 1.54) is 6.20 Å². The van der Waals surface area contributed by atoms with E-state index in [1.807, 2.05) is 45.0 Å². The number of aromatic carboxylic acids is 1. The van der Waals surface area contributed by atoms with Gasteiger partial charge in [0.2, 0.25) is 0 Å². The Hall–Kier alpha value is -2.43. The van der Waals surface area contributed by atoms with Crippen molar-refractivity contribution in [3.05, 3.63) is 41.6 Å². The predicted molar refractivity (Wildman–Crippen MR) is 77.9 cm³/mol. The summed E-state index contributed by atoms with van der Waals surface area (Å²) in [5.41, 5.74) is 2.05. The summed E-state index contributed by atoms with van der Waals surface area (Å²) in [4.78, 5) is 19.7. The molecule has 2 rings (SSSR count). The molecule has 0 amide bonds. The number of rotatable bonds is 4. The topological polar surface area (TPSA) is 75.1 Å². The van der Waals surface area contributed by atoms with Gasteiger partial charge < -0.3 is 10.4 Å². The summed E-state index contributed by atoms with van der Waals surface area (Å²) in [5.74, 6) is -0.176. The van der Waals surface area contributed by atoms with Gasteiger partial charge in [-0.1, -0.05) is 23.8 Å². The first-order valence-corrected chi connectivity index (χ1v) is 6.41. The number of aromatic nitrogens is 2. The molecular weight excluding hydrogens is 254 g/mol. The monoisotopic (exact) mass is 271 g/mol. The van der Waals surface area contributed by atoms with Crippen molar-refractivity contribution >= 4 is 11.8 Å². The molecule has 5 nitrogen and oxygen atoms in total. The Morgan fingerprint density at radius 1 is 1.35 bits per heavy atom. The van der Waals surface area contributed by atoms with E-state index in [0.29, 0.717) is 11.6 Å². The fourth-order valence-electron chi connectivity index (χ4n) is 1.85. The van der Waals surface area contributed by atoms with Crippen LogP contribution in [0, 0.1) is 6.92 Å². The van der Waals surface area contributed by atoms with Crippen molar-refractivity contribution in [1.29, 1.82) is 0 Å². The molecule has 0 saturated heterocycles. The van der Waals surface area contributed by atoms with Crippen LogP contribution in [-0.2, 0) is 0 Å². The number of aryl methyl sites for hydroxylation is 1. The van der Waals surface area contributed by atoms with Crippen LogP contribution in [-0.4, -0.2) is 27.1 Å². The molecule has 0 saturated carbocycles. The fourth-order valence-corrected chi connectivity index (χ4v) is 1.85. The molecule has 0 radical (unpaired) electrons. The minimum Gasteiger partial charge on any atom is -0.477 e. The van der Waals surface area contributed by atoms with E-state index >= 15 is 0 Å². The number of benzene rings is 1. The maximum absolute atomic E-state index is 11.2. The molecule has 5 heteroatoms. The lowest BCUT2D eigenvalue weighted by atomic mass is 10.1. The van der Waals surface area contributed by atoms with Crippen LogP contribution in [0.1, 0.15) is 29.8 Å². The number of nitrogens with zero attached hydrogens (tertiary/aromatic N) is 2. The second kappa shape index (κ2) is 5.69. The van der Waals surface area contributed by atoms with Gasteiger partial charge in [-0.25, -0.2) is 14.8 Å². The zero-order chi connectivity index (χ0) is 14.7. The lowest BCUT2D eigenvalue weighted by Gasteiger charge is -2.12. The maximum Gasteiger partial charge on any atom is 0.341 e. The Kier molecular flexibility index (Phi) is 3.98. The van der Waals surface area contributed by atoms with Crippen molar-refractivity contribution in [2.45, 2.75) is 26.8 Å². The van der Waals surface area contributed by atoms with Gasteiger partial charge in [0.15, 0.2) is 5.82 Å². The Morgan fingerprint density at radius 2 is 2.10 bits per heavy atom. The Balaban J connectivity index is 2.48. The summed E-state index contributed by atoms with van der Waals surface area (Å²) in [6.07, 6.45) is 1.34. The molecule has 0 bridgehead atoms. The summed E-state index contributed by atoms with van der Waals surface area (Å²) < 4.78 is 0. The van der Waals surface area contributed by atoms with Gasteiger partial charge in [0.1, 0.15) is 11.4 Å². The number of hydrogen-bond donors (Lipinski definition) is 2. The number of nitrogens with one attached hydrogen (secondary N) is 1. The van der Waals surface area contributed by atoms with Crippen molar-refractivity contribution < 1.29 is 9.90 Å². The molecule has 0 atom stereocenters. The minimum atomic E-state index is -1.04. The van der Waals surface area contributed by atoms with E-state index in [-0.39, 0.29) is 11.6 Å². The smallest absolute Gasteiger partial charge is 0.341 e. The van der Waals surface area contributed by atoms with Gasteiger partial charge >= 0.3 is 5.97 Å². The third kappa shape index (κ3) is 3.12. The van der Waals surface area contributed by atoms with Crippen LogP contribution in [0.25, 0.3) is 11.4 Å². The minimum absolute atomic E-state index is 0.0788. The number of carboxylic acid groups (broad SMARTS) is 1. The zero-order valence-corrected chi connectivity index (χ0v) is 11.7. The average molecular weight is 271 g/mol. The second-order valence-corrected chi connectivity index (χ2v) is 4.93. The van der Waals surface area contributed by atoms with E-state index in [9.17, 15) is 4.79 Å². The van der Waals surface area contributed by atoms with Crippen LogP contribution in [0.3, 0.4) is 0 Å². The molecule has 0 aliphatic carbocycles. The van der Waals surface area contributed by atoms with Crippen molar-refractivity contribution in [3.63, 3.8) is 0 Å². The van der Waals surface area contributed by atoms with E-state index in [2.05, 4.69) is 15.3 Å². The van der Waals surface area contributed by atoms with Crippen molar-refractivity contribution in [3.8, 4) is 11.4 Å². The van der Waals surface area contributed by atoms with Gasteiger partial charge in [-0.05, 0) is 26.8 Å². The second-order valence-electron chi connectivity index (χ2n) is 4.93. The molecule has 2 aromatic rings. The van der Waals surface area contributed by atoms with Crippen molar-refractivity contribution in [2.24, 2.45) is 0 Å². The zero-order valence-electron chi connectivity index (χ0n) is 11.7. The Labute approximate surface area is 117 Å². The van der Waals surface area contributed by atoms with E-state index in [1.54, 1.807) is 0 Å². The summed E-state index contributed by atoms with van der Waals surface area (Å²) in [5, 5.41) is 12.2. The van der Waals surface area contributed by atoms with Gasteiger partial charge in [-0.2, -0.15) is 0 Å². The third-order valence-electron chi connectivity index (χ3n) is 2.72. The van der Waals surface area contributed by atoms with Gasteiger partial charge in [0.25, 0.3) is 0 Å². The first kappa shape index (κ1) is 14.0. The number of anilines is 1. The molecule has 20 heavy (non-hydrogen) atoms. The lowest BCUT2D eigenvalue weighted by Crippen LogP contribution is -2.16. The van der Waals surface area contributed by atoms with Crippen LogP contribution in [0.5, 0.6) is 0 Å². The van der Waals surface area contributed by atoms with Crippen LogP contribution >= 0.6 is 0 Å². The highest BCUT2D eigenvalue weighted by Crippen LogP contribution is 2.20. The standard InChI is InChI=1S/C15H17N3O2/c1-9(2)17-14-12(15(19)20)8-16-13(18-14)11-6-4-5-10(3)7-11/h4-9H,1-3H3,(H,19,20)(H,16,17,18). The maximum atomic E-state index is 11.2. The molecule has 2 N–H and O–H groups in total. The van der Waals surface area contributed by atoms with E-state index in [4.69, 9.17) is 5.11 Å². The molecule has 0 aliphatic heterocycles. The highest BCUT2D eigenvalue weighted by molar-refractivity contribution is 5.93. The molecule has 0 unspecified atom stereocenters. The SMILES string of the molecule is Cc1cccc(-c2ncc(C(=O)O)c(NC(C)C)n2)c1. The molecule has 0 fully saturated rings. The van der Waals surface area contributed by atoms with Crippen molar-refractivity contribution in [1.82, 2.24) is 9.97 Å². The molecule has 1 aromatic heterocycles. The van der Waals surface area contributed by atoms with Gasteiger partial charge in [0.05, 0.1) is 0 Å². The van der Waals surface area contributed by atoms with Gasteiger partial charge in [-0.15, -0.1) is 0 Å². The van der Waals surface area contributed by atoms with Crippen LogP contribution in [0.4, 0.5) is 5.82 Å². The quantitative estimate of drug-likeness (QED) is 0.894. The molecule has 1 aromatic carbocycles. The Bertz CT molecular complexity index is 639. The van der Waals surface area contributed by atoms with E-state index in [0.717, 1.165) is 11.1 Å². The molecule has 1 heterocycles. The largest absolute Gasteiger partial charge is 0.477 e. The molecule has 0 spiro atoms. The first-order chi connectivity index (χ1) is 9.47. The summed E-state index contributed by atoms with van der Waals surface area (Å²) in [7, 11) is 0. The summed E-state index contributed by atoms with van der Waals surface area (Å²) >= 11 is 0. The first-order valence-electron chi connectivity index (χ1n) is 6.41. The van der Waals surface area contributed by atoms with Crippen LogP contribution in [0.2, 0.25) is 0 Å². The van der Waals surface area contributed by atoms with E-state index < -0.39 is 5.97 Å². The lowest BCUT2D eigenvalue weighted by molar-refractivity contribution is 0.0697. The van der Waals surface area contributed by atoms with Crippen LogP contribution in [0.15, 0.2) is 30.5 Å². The van der Waals surface area contributed by atoms with Gasteiger partial charge in [0, 0.05) is 17.8 Å². The Morgan fingerprint density at radius 3 is 2.70 bits per heavy atom. The normalized spacial score (nSPS) is 10.6. The molecular formula is C15H17N3O2. The van der Waals surface area contributed by atoms with Gasteiger partial charge in [-0.3, -0.25) is 0 Å². The number of carbonyl (C=O) groups is 1. The number of hydrogen-bond acceptors (Lipinski definition) is 4. The fraction of sp³-hybridized carbons (Fsp3) is 0.267. The van der Waals surface area contributed by atoms with Crippen molar-refractivity contribution in [2.75, 3.05) is 5.32 Å². The number of carboxylic acids is 1.